The molecule has 2 amide bonds. The zero-order valence-electron chi connectivity index (χ0n) is 12.8. The number of rotatable bonds is 5. The molecule has 0 saturated heterocycles. The predicted octanol–water partition coefficient (Wildman–Crippen LogP) is 2.44. The quantitative estimate of drug-likeness (QED) is 0.820. The molecule has 2 saturated carbocycles. The Morgan fingerprint density at radius 1 is 1.18 bits per heavy atom. The van der Waals surface area contributed by atoms with Crippen molar-refractivity contribution >= 4 is 23.6 Å². The van der Waals surface area contributed by atoms with Crippen LogP contribution in [0.15, 0.2) is 29.2 Å². The number of benzene rings is 1. The predicted molar refractivity (Wildman–Crippen MR) is 87.9 cm³/mol. The van der Waals surface area contributed by atoms with Gasteiger partial charge in [-0.2, -0.15) is 0 Å². The molecule has 2 bridgehead atoms. The van der Waals surface area contributed by atoms with Crippen molar-refractivity contribution in [1.29, 1.82) is 0 Å². The van der Waals surface area contributed by atoms with Crippen LogP contribution < -0.4 is 10.6 Å². The Hall–Kier alpha value is -1.49. The number of amides is 2. The molecule has 0 aromatic heterocycles. The lowest BCUT2D eigenvalue weighted by molar-refractivity contribution is -0.121. The minimum atomic E-state index is -0.198. The SMILES string of the molecule is CSc1ccc(C(=O)NCC(=O)N[C@@H]2C[C@H]3CC[C@@H]2C3)cc1. The van der Waals surface area contributed by atoms with Crippen LogP contribution in [0.1, 0.15) is 36.0 Å². The number of thioether (sulfide) groups is 1. The Bertz CT molecular complexity index is 558. The minimum absolute atomic E-state index is 0.0526. The highest BCUT2D eigenvalue weighted by molar-refractivity contribution is 7.98. The van der Waals surface area contributed by atoms with Crippen LogP contribution in [0.2, 0.25) is 0 Å². The second-order valence-electron chi connectivity index (χ2n) is 6.26. The maximum absolute atomic E-state index is 12.0. The maximum atomic E-state index is 12.0. The number of carbonyl (C=O) groups excluding carboxylic acids is 2. The van der Waals surface area contributed by atoms with Gasteiger partial charge in [-0.1, -0.05) is 6.42 Å². The molecule has 22 heavy (non-hydrogen) atoms. The summed E-state index contributed by atoms with van der Waals surface area (Å²) in [5, 5.41) is 5.77. The summed E-state index contributed by atoms with van der Waals surface area (Å²) in [7, 11) is 0. The number of fused-ring (bicyclic) bond motifs is 2. The summed E-state index contributed by atoms with van der Waals surface area (Å²) in [5.74, 6) is 1.19. The van der Waals surface area contributed by atoms with Crippen molar-refractivity contribution < 1.29 is 9.59 Å². The topological polar surface area (TPSA) is 58.2 Å². The summed E-state index contributed by atoms with van der Waals surface area (Å²) >= 11 is 1.64. The first-order valence-corrected chi connectivity index (χ1v) is 9.10. The molecule has 2 N–H and O–H groups in total. The molecule has 4 nitrogen and oxygen atoms in total. The second kappa shape index (κ2) is 6.73. The molecule has 0 radical (unpaired) electrons. The van der Waals surface area contributed by atoms with Crippen molar-refractivity contribution in [1.82, 2.24) is 10.6 Å². The smallest absolute Gasteiger partial charge is 0.251 e. The van der Waals surface area contributed by atoms with Crippen LogP contribution in [0.3, 0.4) is 0 Å². The Morgan fingerprint density at radius 3 is 2.55 bits per heavy atom. The highest BCUT2D eigenvalue weighted by atomic mass is 32.2. The number of nitrogens with one attached hydrogen (secondary N) is 2. The molecule has 2 aliphatic rings. The van der Waals surface area contributed by atoms with Crippen LogP contribution >= 0.6 is 11.8 Å². The van der Waals surface area contributed by atoms with E-state index >= 15 is 0 Å². The summed E-state index contributed by atoms with van der Waals surface area (Å²) < 4.78 is 0. The monoisotopic (exact) mass is 318 g/mol. The first kappa shape index (κ1) is 15.4. The van der Waals surface area contributed by atoms with E-state index in [2.05, 4.69) is 10.6 Å². The highest BCUT2D eigenvalue weighted by Crippen LogP contribution is 2.44. The van der Waals surface area contributed by atoms with E-state index in [1.165, 1.54) is 19.3 Å². The molecule has 3 atom stereocenters. The zero-order valence-corrected chi connectivity index (χ0v) is 13.6. The molecule has 0 spiro atoms. The fourth-order valence-corrected chi connectivity index (χ4v) is 4.09. The lowest BCUT2D eigenvalue weighted by Crippen LogP contribution is -2.44. The van der Waals surface area contributed by atoms with Gasteiger partial charge in [0.25, 0.3) is 5.91 Å². The summed E-state index contributed by atoms with van der Waals surface area (Å²) in [6.45, 7) is 0.0526. The first-order chi connectivity index (χ1) is 10.7. The van der Waals surface area contributed by atoms with Crippen molar-refractivity contribution in [3.63, 3.8) is 0 Å². The molecule has 0 aliphatic heterocycles. The Labute approximate surface area is 135 Å². The van der Waals surface area contributed by atoms with Gasteiger partial charge in [-0.15, -0.1) is 11.8 Å². The Morgan fingerprint density at radius 2 is 1.95 bits per heavy atom. The third kappa shape index (κ3) is 3.46. The Balaban J connectivity index is 1.45. The normalized spacial score (nSPS) is 26.0. The zero-order chi connectivity index (χ0) is 15.5. The molecule has 0 unspecified atom stereocenters. The van der Waals surface area contributed by atoms with E-state index in [1.807, 2.05) is 18.4 Å². The molecule has 1 aromatic rings. The molecular formula is C17H22N2O2S. The average molecular weight is 318 g/mol. The third-order valence-corrected chi connectivity index (χ3v) is 5.59. The van der Waals surface area contributed by atoms with E-state index < -0.39 is 0 Å². The van der Waals surface area contributed by atoms with E-state index in [4.69, 9.17) is 0 Å². The van der Waals surface area contributed by atoms with Gasteiger partial charge in [-0.05, 0) is 61.6 Å². The standard InChI is InChI=1S/C17H22N2O2S/c1-22-14-6-4-12(5-7-14)17(21)18-10-16(20)19-15-9-11-2-3-13(15)8-11/h4-7,11,13,15H,2-3,8-10H2,1H3,(H,18,21)(H,19,20)/t11-,13+,15+/m0/s1. The summed E-state index contributed by atoms with van der Waals surface area (Å²) in [6.07, 6.45) is 6.93. The van der Waals surface area contributed by atoms with E-state index in [0.29, 0.717) is 17.5 Å². The molecule has 3 rings (SSSR count). The second-order valence-corrected chi connectivity index (χ2v) is 7.14. The number of hydrogen-bond donors (Lipinski definition) is 2. The molecule has 5 heteroatoms. The number of hydrogen-bond acceptors (Lipinski definition) is 3. The van der Waals surface area contributed by atoms with Crippen LogP contribution in [-0.2, 0) is 4.79 Å². The van der Waals surface area contributed by atoms with Crippen molar-refractivity contribution in [3.8, 4) is 0 Å². The largest absolute Gasteiger partial charge is 0.352 e. The van der Waals surface area contributed by atoms with Gasteiger partial charge in [0, 0.05) is 16.5 Å². The molecular weight excluding hydrogens is 296 g/mol. The van der Waals surface area contributed by atoms with E-state index in [1.54, 1.807) is 23.9 Å². The van der Waals surface area contributed by atoms with Crippen LogP contribution in [0.25, 0.3) is 0 Å². The van der Waals surface area contributed by atoms with E-state index in [0.717, 1.165) is 17.2 Å². The minimum Gasteiger partial charge on any atom is -0.352 e. The lowest BCUT2D eigenvalue weighted by atomic mass is 9.95. The van der Waals surface area contributed by atoms with Crippen molar-refractivity contribution in [2.45, 2.75) is 36.6 Å². The van der Waals surface area contributed by atoms with Crippen LogP contribution in [0, 0.1) is 11.8 Å². The third-order valence-electron chi connectivity index (χ3n) is 4.85. The van der Waals surface area contributed by atoms with Crippen LogP contribution in [-0.4, -0.2) is 30.7 Å². The molecule has 1 aromatic carbocycles. The van der Waals surface area contributed by atoms with E-state index in [-0.39, 0.29) is 18.4 Å². The van der Waals surface area contributed by atoms with Crippen molar-refractivity contribution in [2.75, 3.05) is 12.8 Å². The first-order valence-electron chi connectivity index (χ1n) is 7.87. The van der Waals surface area contributed by atoms with Crippen molar-refractivity contribution in [3.05, 3.63) is 29.8 Å². The van der Waals surface area contributed by atoms with Gasteiger partial charge in [-0.25, -0.2) is 0 Å². The lowest BCUT2D eigenvalue weighted by Gasteiger charge is -2.22. The van der Waals surface area contributed by atoms with Crippen molar-refractivity contribution in [2.24, 2.45) is 11.8 Å². The van der Waals surface area contributed by atoms with Gasteiger partial charge in [0.2, 0.25) is 5.91 Å². The highest BCUT2D eigenvalue weighted by Gasteiger charge is 2.39. The summed E-state index contributed by atoms with van der Waals surface area (Å²) in [6, 6.07) is 7.72. The molecule has 0 heterocycles. The fourth-order valence-electron chi connectivity index (χ4n) is 3.68. The van der Waals surface area contributed by atoms with Gasteiger partial charge in [0.15, 0.2) is 0 Å². The number of carbonyl (C=O) groups is 2. The van der Waals surface area contributed by atoms with Gasteiger partial charge >= 0.3 is 0 Å². The van der Waals surface area contributed by atoms with Gasteiger partial charge in [0.05, 0.1) is 6.54 Å². The van der Waals surface area contributed by atoms with Gasteiger partial charge in [-0.3, -0.25) is 9.59 Å². The van der Waals surface area contributed by atoms with Crippen LogP contribution in [0.5, 0.6) is 0 Å². The molecule has 2 fully saturated rings. The van der Waals surface area contributed by atoms with E-state index in [9.17, 15) is 9.59 Å². The summed E-state index contributed by atoms with van der Waals surface area (Å²) in [4.78, 5) is 25.1. The maximum Gasteiger partial charge on any atom is 0.251 e. The molecule has 2 aliphatic carbocycles. The van der Waals surface area contributed by atoms with Crippen LogP contribution in [0.4, 0.5) is 0 Å². The molecule has 118 valence electrons. The Kier molecular flexibility index (Phi) is 4.71. The van der Waals surface area contributed by atoms with Gasteiger partial charge in [0.1, 0.15) is 0 Å². The average Bonchev–Trinajstić information content (AvgIpc) is 3.15. The summed E-state index contributed by atoms with van der Waals surface area (Å²) in [5.41, 5.74) is 0.588. The fraction of sp³-hybridized carbons (Fsp3) is 0.529. The van der Waals surface area contributed by atoms with Gasteiger partial charge < -0.3 is 10.6 Å².